The summed E-state index contributed by atoms with van der Waals surface area (Å²) in [6, 6.07) is 13.3. The maximum absolute atomic E-state index is 11.9. The zero-order valence-corrected chi connectivity index (χ0v) is 16.7. The van der Waals surface area contributed by atoms with Crippen LogP contribution in [0.25, 0.3) is 10.9 Å². The van der Waals surface area contributed by atoms with Gasteiger partial charge in [-0.1, -0.05) is 22.0 Å². The highest BCUT2D eigenvalue weighted by atomic mass is 79.9. The number of fused-ring (bicyclic) bond motifs is 1. The first-order valence-corrected chi connectivity index (χ1v) is 9.28. The molecule has 1 aromatic heterocycles. The average molecular weight is 438 g/mol. The van der Waals surface area contributed by atoms with Crippen molar-refractivity contribution in [3.05, 3.63) is 73.7 Å². The standard InChI is InChI=1S/C20H16BrN5O2/c1-26(2)17-16(18(27)19(17)28)24-13-6-7-15-14(9-13)20(23-10-22-15)25-12-5-3-4-11(21)8-12/h3-10,24H,1-2H3,(H,22,23,25). The minimum Gasteiger partial charge on any atom is -0.373 e. The second-order valence-corrected chi connectivity index (χ2v) is 7.41. The number of nitrogens with one attached hydrogen (secondary N) is 2. The fourth-order valence-corrected chi connectivity index (χ4v) is 3.40. The molecule has 28 heavy (non-hydrogen) atoms. The first-order valence-electron chi connectivity index (χ1n) is 8.49. The van der Waals surface area contributed by atoms with Gasteiger partial charge in [0.15, 0.2) is 0 Å². The van der Waals surface area contributed by atoms with Gasteiger partial charge in [0, 0.05) is 35.3 Å². The van der Waals surface area contributed by atoms with Gasteiger partial charge < -0.3 is 15.5 Å². The minimum atomic E-state index is -0.513. The molecule has 0 amide bonds. The van der Waals surface area contributed by atoms with Crippen LogP contribution in [-0.2, 0) is 0 Å². The number of hydrogen-bond donors (Lipinski definition) is 2. The second-order valence-electron chi connectivity index (χ2n) is 6.49. The Labute approximate surface area is 168 Å². The molecule has 8 heteroatoms. The molecule has 0 aliphatic carbocycles. The number of rotatable bonds is 5. The maximum atomic E-state index is 11.9. The Morgan fingerprint density at radius 2 is 1.71 bits per heavy atom. The van der Waals surface area contributed by atoms with Crippen molar-refractivity contribution < 1.29 is 0 Å². The van der Waals surface area contributed by atoms with Gasteiger partial charge in [0.1, 0.15) is 23.5 Å². The van der Waals surface area contributed by atoms with Crippen LogP contribution in [0.15, 0.2) is 62.9 Å². The number of nitrogens with zero attached hydrogens (tertiary/aromatic N) is 3. The van der Waals surface area contributed by atoms with Crippen molar-refractivity contribution in [3.8, 4) is 0 Å². The number of aromatic nitrogens is 2. The van der Waals surface area contributed by atoms with Crippen molar-refractivity contribution >= 4 is 55.4 Å². The molecule has 7 nitrogen and oxygen atoms in total. The van der Waals surface area contributed by atoms with Crippen LogP contribution in [0.3, 0.4) is 0 Å². The molecule has 0 saturated heterocycles. The van der Waals surface area contributed by atoms with E-state index in [1.165, 1.54) is 6.33 Å². The second kappa shape index (κ2) is 7.05. The van der Waals surface area contributed by atoms with Gasteiger partial charge in [-0.25, -0.2) is 9.97 Å². The first kappa shape index (κ1) is 18.1. The van der Waals surface area contributed by atoms with Crippen LogP contribution in [-0.4, -0.2) is 24.1 Å². The summed E-state index contributed by atoms with van der Waals surface area (Å²) in [5.74, 6) is 0.643. The van der Waals surface area contributed by atoms with Crippen LogP contribution >= 0.6 is 15.9 Å². The predicted octanol–water partition coefficient (Wildman–Crippen LogP) is 3.54. The Kier molecular flexibility index (Phi) is 4.56. The zero-order chi connectivity index (χ0) is 19.8. The monoisotopic (exact) mass is 437 g/mol. The van der Waals surface area contributed by atoms with Crippen molar-refractivity contribution in [2.45, 2.75) is 0 Å². The van der Waals surface area contributed by atoms with Crippen LogP contribution in [0.5, 0.6) is 0 Å². The Hall–Kier alpha value is -3.26. The van der Waals surface area contributed by atoms with Gasteiger partial charge in [0.25, 0.3) is 10.9 Å². The first-order chi connectivity index (χ1) is 13.4. The lowest BCUT2D eigenvalue weighted by molar-refractivity contribution is 1.09. The molecule has 0 bridgehead atoms. The van der Waals surface area contributed by atoms with E-state index in [0.29, 0.717) is 22.9 Å². The molecular formula is C20H16BrN5O2. The van der Waals surface area contributed by atoms with E-state index < -0.39 is 10.9 Å². The number of benzene rings is 2. The van der Waals surface area contributed by atoms with Gasteiger partial charge >= 0.3 is 0 Å². The molecule has 0 atom stereocenters. The van der Waals surface area contributed by atoms with Crippen LogP contribution < -0.4 is 26.4 Å². The van der Waals surface area contributed by atoms with Crippen molar-refractivity contribution in [1.82, 2.24) is 9.97 Å². The fourth-order valence-electron chi connectivity index (χ4n) is 3.00. The normalized spacial score (nSPS) is 11.0. The smallest absolute Gasteiger partial charge is 0.253 e. The van der Waals surface area contributed by atoms with Crippen LogP contribution in [0, 0.1) is 0 Å². The molecule has 140 valence electrons. The van der Waals surface area contributed by atoms with E-state index in [-0.39, 0.29) is 0 Å². The third-order valence-electron chi connectivity index (χ3n) is 4.32. The van der Waals surface area contributed by atoms with E-state index in [9.17, 15) is 9.59 Å². The lowest BCUT2D eigenvalue weighted by atomic mass is 10.1. The summed E-state index contributed by atoms with van der Waals surface area (Å²) in [7, 11) is 3.46. The molecule has 0 saturated carbocycles. The summed E-state index contributed by atoms with van der Waals surface area (Å²) in [6.07, 6.45) is 1.50. The van der Waals surface area contributed by atoms with Gasteiger partial charge in [-0.15, -0.1) is 0 Å². The summed E-state index contributed by atoms with van der Waals surface area (Å²) in [5.41, 5.74) is 2.00. The summed E-state index contributed by atoms with van der Waals surface area (Å²) in [4.78, 5) is 34.0. The van der Waals surface area contributed by atoms with Crippen molar-refractivity contribution in [2.75, 3.05) is 29.6 Å². The van der Waals surface area contributed by atoms with Gasteiger partial charge in [0.05, 0.1) is 5.52 Å². The predicted molar refractivity (Wildman–Crippen MR) is 116 cm³/mol. The lowest BCUT2D eigenvalue weighted by Gasteiger charge is -2.19. The maximum Gasteiger partial charge on any atom is 0.253 e. The molecule has 0 aliphatic rings. The molecule has 4 rings (SSSR count). The van der Waals surface area contributed by atoms with Crippen molar-refractivity contribution in [1.29, 1.82) is 0 Å². The molecule has 4 aromatic rings. The molecule has 0 unspecified atom stereocenters. The highest BCUT2D eigenvalue weighted by molar-refractivity contribution is 9.10. The van der Waals surface area contributed by atoms with E-state index in [0.717, 1.165) is 21.1 Å². The summed E-state index contributed by atoms with van der Waals surface area (Å²) in [6.45, 7) is 0. The van der Waals surface area contributed by atoms with Crippen molar-refractivity contribution in [2.24, 2.45) is 0 Å². The van der Waals surface area contributed by atoms with Gasteiger partial charge in [-0.05, 0) is 36.4 Å². The molecule has 1 heterocycles. The van der Waals surface area contributed by atoms with Crippen LogP contribution in [0.2, 0.25) is 0 Å². The van der Waals surface area contributed by atoms with E-state index in [4.69, 9.17) is 0 Å². The molecule has 0 spiro atoms. The highest BCUT2D eigenvalue weighted by Crippen LogP contribution is 2.29. The summed E-state index contributed by atoms with van der Waals surface area (Å²) >= 11 is 3.45. The van der Waals surface area contributed by atoms with E-state index >= 15 is 0 Å². The lowest BCUT2D eigenvalue weighted by Crippen LogP contribution is -2.39. The molecule has 0 fully saturated rings. The number of anilines is 5. The zero-order valence-electron chi connectivity index (χ0n) is 15.2. The van der Waals surface area contributed by atoms with E-state index in [1.54, 1.807) is 19.0 Å². The number of halogens is 1. The topological polar surface area (TPSA) is 87.2 Å². The minimum absolute atomic E-state index is 0.299. The Bertz CT molecular complexity index is 1260. The summed E-state index contributed by atoms with van der Waals surface area (Å²) in [5, 5.41) is 7.14. The third kappa shape index (κ3) is 3.22. The average Bonchev–Trinajstić information content (AvgIpc) is 2.67. The largest absolute Gasteiger partial charge is 0.373 e. The van der Waals surface area contributed by atoms with Crippen molar-refractivity contribution in [3.63, 3.8) is 0 Å². The van der Waals surface area contributed by atoms with Crippen LogP contribution in [0.1, 0.15) is 0 Å². The van der Waals surface area contributed by atoms with E-state index in [2.05, 4.69) is 36.5 Å². The summed E-state index contributed by atoms with van der Waals surface area (Å²) < 4.78 is 0.953. The molecule has 3 aromatic carbocycles. The quantitative estimate of drug-likeness (QED) is 0.461. The van der Waals surface area contributed by atoms with E-state index in [1.807, 2.05) is 42.5 Å². The Balaban J connectivity index is 1.72. The molecule has 2 N–H and O–H groups in total. The Morgan fingerprint density at radius 3 is 2.46 bits per heavy atom. The third-order valence-corrected chi connectivity index (χ3v) is 4.82. The highest BCUT2D eigenvalue weighted by Gasteiger charge is 2.22. The molecule has 0 aliphatic heterocycles. The van der Waals surface area contributed by atoms with Crippen LogP contribution in [0.4, 0.5) is 28.6 Å². The fraction of sp³-hybridized carbons (Fsp3) is 0.100. The van der Waals surface area contributed by atoms with Gasteiger partial charge in [0.2, 0.25) is 0 Å². The number of hydrogen-bond acceptors (Lipinski definition) is 7. The van der Waals surface area contributed by atoms with Gasteiger partial charge in [-0.3, -0.25) is 9.59 Å². The molecule has 0 radical (unpaired) electrons. The SMILES string of the molecule is CN(C)c1c(Nc2ccc3ncnc(Nc4cccc(Br)c4)c3c2)c(=O)c1=O. The Morgan fingerprint density at radius 1 is 0.929 bits per heavy atom. The molecular weight excluding hydrogens is 422 g/mol. The van der Waals surface area contributed by atoms with Gasteiger partial charge in [-0.2, -0.15) is 0 Å².